The number of hydrogen-bond donors (Lipinski definition) is 2. The van der Waals surface area contributed by atoms with Gasteiger partial charge in [0.1, 0.15) is 5.75 Å². The predicted octanol–water partition coefficient (Wildman–Crippen LogP) is 3.27. The van der Waals surface area contributed by atoms with Crippen molar-refractivity contribution in [1.29, 1.82) is 0 Å². The average molecular weight is 259 g/mol. The van der Waals surface area contributed by atoms with E-state index < -0.39 is 0 Å². The molecule has 2 N–H and O–H groups in total. The summed E-state index contributed by atoms with van der Waals surface area (Å²) < 4.78 is 5.37. The van der Waals surface area contributed by atoms with Crippen LogP contribution in [0.5, 0.6) is 5.75 Å². The zero-order chi connectivity index (χ0) is 13.2. The van der Waals surface area contributed by atoms with Crippen LogP contribution in [-0.2, 0) is 6.42 Å². The fourth-order valence-electron chi connectivity index (χ4n) is 3.23. The number of aliphatic hydroxyl groups is 1. The number of nitrogens with one attached hydrogen (secondary N) is 1. The van der Waals surface area contributed by atoms with E-state index in [1.807, 2.05) is 12.1 Å². The Kier molecular flexibility index (Phi) is 3.47. The molecule has 19 heavy (non-hydrogen) atoms. The monoisotopic (exact) mass is 259 g/mol. The lowest BCUT2D eigenvalue weighted by atomic mass is 9.82. The highest BCUT2D eigenvalue weighted by Crippen LogP contribution is 2.32. The molecule has 0 radical (unpaired) electrons. The van der Waals surface area contributed by atoms with Crippen molar-refractivity contribution in [3.63, 3.8) is 0 Å². The van der Waals surface area contributed by atoms with E-state index in [2.05, 4.69) is 17.2 Å². The summed E-state index contributed by atoms with van der Waals surface area (Å²) in [5.74, 6) is 1.28. The van der Waals surface area contributed by atoms with E-state index in [1.165, 1.54) is 23.8 Å². The molecule has 3 rings (SSSR count). The van der Waals surface area contributed by atoms with Crippen LogP contribution in [0.1, 0.15) is 31.2 Å². The van der Waals surface area contributed by atoms with Gasteiger partial charge in [0.15, 0.2) is 0 Å². The molecule has 1 aliphatic rings. The molecule has 1 aromatic carbocycles. The number of aliphatic hydroxyl groups excluding tert-OH is 1. The number of ether oxygens (including phenoxy) is 1. The topological polar surface area (TPSA) is 45.2 Å². The molecular weight excluding hydrogens is 238 g/mol. The van der Waals surface area contributed by atoms with Gasteiger partial charge in [0.2, 0.25) is 0 Å². The Hall–Kier alpha value is -1.48. The fraction of sp³-hybridized carbons (Fsp3) is 0.500. The molecule has 102 valence electrons. The molecule has 1 aliphatic carbocycles. The minimum Gasteiger partial charge on any atom is -0.495 e. The highest BCUT2D eigenvalue weighted by atomic mass is 16.5. The number of aromatic nitrogens is 1. The van der Waals surface area contributed by atoms with E-state index in [0.29, 0.717) is 5.92 Å². The Morgan fingerprint density at radius 3 is 2.95 bits per heavy atom. The SMILES string of the molecule is COc1cccc2c(CC3CCCCC3O)c[nH]c12. The molecule has 2 aromatic rings. The van der Waals surface area contributed by atoms with E-state index in [0.717, 1.165) is 30.5 Å². The molecule has 0 saturated heterocycles. The fourth-order valence-corrected chi connectivity index (χ4v) is 3.23. The second kappa shape index (κ2) is 5.25. The van der Waals surface area contributed by atoms with Gasteiger partial charge in [0.05, 0.1) is 18.7 Å². The summed E-state index contributed by atoms with van der Waals surface area (Å²) in [7, 11) is 1.69. The van der Waals surface area contributed by atoms with Gasteiger partial charge in [0.25, 0.3) is 0 Å². The van der Waals surface area contributed by atoms with Crippen LogP contribution in [0.2, 0.25) is 0 Å². The molecule has 0 aliphatic heterocycles. The van der Waals surface area contributed by atoms with Gasteiger partial charge in [-0.3, -0.25) is 0 Å². The summed E-state index contributed by atoms with van der Waals surface area (Å²) >= 11 is 0. The van der Waals surface area contributed by atoms with Crippen LogP contribution >= 0.6 is 0 Å². The van der Waals surface area contributed by atoms with Gasteiger partial charge in [-0.1, -0.05) is 25.0 Å². The molecule has 0 spiro atoms. The molecule has 1 fully saturated rings. The largest absolute Gasteiger partial charge is 0.495 e. The maximum atomic E-state index is 10.1. The Morgan fingerprint density at radius 1 is 1.32 bits per heavy atom. The van der Waals surface area contributed by atoms with Gasteiger partial charge in [-0.05, 0) is 36.8 Å². The van der Waals surface area contributed by atoms with Crippen LogP contribution < -0.4 is 4.74 Å². The first-order valence-corrected chi connectivity index (χ1v) is 7.10. The lowest BCUT2D eigenvalue weighted by Crippen LogP contribution is -2.26. The summed E-state index contributed by atoms with van der Waals surface area (Å²) in [6.07, 6.45) is 7.38. The Balaban J connectivity index is 1.89. The minimum absolute atomic E-state index is 0.135. The molecule has 2 unspecified atom stereocenters. The molecule has 3 heteroatoms. The maximum Gasteiger partial charge on any atom is 0.142 e. The second-order valence-corrected chi connectivity index (χ2v) is 5.51. The molecule has 3 nitrogen and oxygen atoms in total. The highest BCUT2D eigenvalue weighted by molar-refractivity contribution is 5.88. The van der Waals surface area contributed by atoms with Gasteiger partial charge < -0.3 is 14.8 Å². The smallest absolute Gasteiger partial charge is 0.142 e. The predicted molar refractivity (Wildman–Crippen MR) is 76.5 cm³/mol. The van der Waals surface area contributed by atoms with Crippen LogP contribution in [-0.4, -0.2) is 23.3 Å². The van der Waals surface area contributed by atoms with Crippen molar-refractivity contribution in [2.24, 2.45) is 5.92 Å². The number of hydrogen-bond acceptors (Lipinski definition) is 2. The molecule has 1 aromatic heterocycles. The number of aromatic amines is 1. The Bertz CT molecular complexity index is 561. The van der Waals surface area contributed by atoms with Gasteiger partial charge >= 0.3 is 0 Å². The summed E-state index contributed by atoms with van der Waals surface area (Å²) in [6.45, 7) is 0. The molecule has 1 saturated carbocycles. The van der Waals surface area contributed by atoms with E-state index in [1.54, 1.807) is 7.11 Å². The Morgan fingerprint density at radius 2 is 2.16 bits per heavy atom. The van der Waals surface area contributed by atoms with Gasteiger partial charge in [-0.15, -0.1) is 0 Å². The van der Waals surface area contributed by atoms with Gasteiger partial charge in [-0.2, -0.15) is 0 Å². The summed E-state index contributed by atoms with van der Waals surface area (Å²) in [5, 5.41) is 11.3. The van der Waals surface area contributed by atoms with Crippen molar-refractivity contribution < 1.29 is 9.84 Å². The maximum absolute atomic E-state index is 10.1. The van der Waals surface area contributed by atoms with Crippen molar-refractivity contribution in [2.75, 3.05) is 7.11 Å². The lowest BCUT2D eigenvalue weighted by Gasteiger charge is -2.27. The van der Waals surface area contributed by atoms with Gasteiger partial charge in [0, 0.05) is 11.6 Å². The lowest BCUT2D eigenvalue weighted by molar-refractivity contribution is 0.0702. The third-order valence-corrected chi connectivity index (χ3v) is 4.33. The average Bonchev–Trinajstić information content (AvgIpc) is 2.84. The van der Waals surface area contributed by atoms with Crippen molar-refractivity contribution in [2.45, 2.75) is 38.2 Å². The first-order chi connectivity index (χ1) is 9.29. The zero-order valence-electron chi connectivity index (χ0n) is 11.4. The van der Waals surface area contributed by atoms with Crippen molar-refractivity contribution in [1.82, 2.24) is 4.98 Å². The van der Waals surface area contributed by atoms with E-state index >= 15 is 0 Å². The van der Waals surface area contributed by atoms with Crippen molar-refractivity contribution in [3.8, 4) is 5.75 Å². The minimum atomic E-state index is -0.135. The van der Waals surface area contributed by atoms with Crippen LogP contribution in [0.25, 0.3) is 10.9 Å². The van der Waals surface area contributed by atoms with Crippen molar-refractivity contribution in [3.05, 3.63) is 30.0 Å². The Labute approximate surface area is 113 Å². The van der Waals surface area contributed by atoms with E-state index in [4.69, 9.17) is 4.74 Å². The molecule has 1 heterocycles. The number of rotatable bonds is 3. The quantitative estimate of drug-likeness (QED) is 0.888. The van der Waals surface area contributed by atoms with Crippen molar-refractivity contribution >= 4 is 10.9 Å². The molecular formula is C16H21NO2. The second-order valence-electron chi connectivity index (χ2n) is 5.51. The van der Waals surface area contributed by atoms with Gasteiger partial charge in [-0.25, -0.2) is 0 Å². The molecule has 2 atom stereocenters. The standard InChI is InChI=1S/C16H21NO2/c1-19-15-8-4-6-13-12(10-17-16(13)15)9-11-5-2-3-7-14(11)18/h4,6,8,10-11,14,17-18H,2-3,5,7,9H2,1H3. The summed E-state index contributed by atoms with van der Waals surface area (Å²) in [6, 6.07) is 6.12. The normalized spacial score (nSPS) is 23.7. The molecule has 0 amide bonds. The number of methoxy groups -OCH3 is 1. The first-order valence-electron chi connectivity index (χ1n) is 7.10. The van der Waals surface area contributed by atoms with Crippen LogP contribution in [0, 0.1) is 5.92 Å². The number of para-hydroxylation sites is 1. The van der Waals surface area contributed by atoms with Crippen LogP contribution in [0.15, 0.2) is 24.4 Å². The number of H-pyrrole nitrogens is 1. The van der Waals surface area contributed by atoms with E-state index in [-0.39, 0.29) is 6.10 Å². The zero-order valence-corrected chi connectivity index (χ0v) is 11.4. The summed E-state index contributed by atoms with van der Waals surface area (Å²) in [4.78, 5) is 3.31. The summed E-state index contributed by atoms with van der Waals surface area (Å²) in [5.41, 5.74) is 2.35. The molecule has 0 bridgehead atoms. The first kappa shape index (κ1) is 12.5. The third kappa shape index (κ3) is 2.35. The van der Waals surface area contributed by atoms with Crippen LogP contribution in [0.3, 0.4) is 0 Å². The third-order valence-electron chi connectivity index (χ3n) is 4.33. The number of benzene rings is 1. The van der Waals surface area contributed by atoms with E-state index in [9.17, 15) is 5.11 Å². The highest BCUT2D eigenvalue weighted by Gasteiger charge is 2.24. The number of fused-ring (bicyclic) bond motifs is 1. The van der Waals surface area contributed by atoms with Crippen LogP contribution in [0.4, 0.5) is 0 Å².